The Labute approximate surface area is 83.5 Å². The largest absolute Gasteiger partial charge is 1.00 e. The summed E-state index contributed by atoms with van der Waals surface area (Å²) in [7, 11) is 3.01. The second kappa shape index (κ2) is 4.97. The van der Waals surface area contributed by atoms with Gasteiger partial charge in [0.25, 0.3) is 0 Å². The van der Waals surface area contributed by atoms with Gasteiger partial charge in [0.05, 0.1) is 14.2 Å². The SMILES string of the molecule is COc1cccc(O)c1OC.[Li+]. The molecule has 12 heavy (non-hydrogen) atoms. The van der Waals surface area contributed by atoms with E-state index in [1.165, 1.54) is 14.2 Å². The van der Waals surface area contributed by atoms with Crippen LogP contribution in [0.4, 0.5) is 0 Å². The van der Waals surface area contributed by atoms with Crippen LogP contribution >= 0.6 is 0 Å². The molecule has 0 saturated carbocycles. The molecule has 0 aromatic heterocycles. The number of hydrogen-bond donors (Lipinski definition) is 1. The maximum atomic E-state index is 9.22. The summed E-state index contributed by atoms with van der Waals surface area (Å²) in [6.07, 6.45) is 0. The average molecular weight is 161 g/mol. The Morgan fingerprint density at radius 3 is 2.25 bits per heavy atom. The fourth-order valence-corrected chi connectivity index (χ4v) is 0.870. The third kappa shape index (κ3) is 2.10. The smallest absolute Gasteiger partial charge is 0.504 e. The van der Waals surface area contributed by atoms with E-state index in [4.69, 9.17) is 9.47 Å². The predicted octanol–water partition coefficient (Wildman–Crippen LogP) is -1.59. The molecule has 60 valence electrons. The van der Waals surface area contributed by atoms with Gasteiger partial charge >= 0.3 is 18.9 Å². The number of benzene rings is 1. The van der Waals surface area contributed by atoms with Crippen molar-refractivity contribution in [1.82, 2.24) is 0 Å². The number of methoxy groups -OCH3 is 2. The van der Waals surface area contributed by atoms with Crippen molar-refractivity contribution in [2.24, 2.45) is 0 Å². The quantitative estimate of drug-likeness (QED) is 0.532. The summed E-state index contributed by atoms with van der Waals surface area (Å²) in [4.78, 5) is 0. The zero-order valence-electron chi connectivity index (χ0n) is 7.50. The van der Waals surface area contributed by atoms with Crippen LogP contribution in [0.3, 0.4) is 0 Å². The number of phenols is 1. The molecular weight excluding hydrogens is 151 g/mol. The molecule has 1 N–H and O–H groups in total. The standard InChI is InChI=1S/C8H10O3.Li/c1-10-7-5-3-4-6(9)8(7)11-2;/h3-5,9H,1-2H3;/q;+1. The zero-order valence-corrected chi connectivity index (χ0v) is 7.50. The molecule has 1 aromatic carbocycles. The van der Waals surface area contributed by atoms with Crippen molar-refractivity contribution in [2.45, 2.75) is 0 Å². The Morgan fingerprint density at radius 2 is 1.83 bits per heavy atom. The Balaban J connectivity index is 0.00000121. The van der Waals surface area contributed by atoms with Gasteiger partial charge in [-0.25, -0.2) is 0 Å². The number of para-hydroxylation sites is 1. The van der Waals surface area contributed by atoms with E-state index in [1.807, 2.05) is 0 Å². The molecule has 0 bridgehead atoms. The van der Waals surface area contributed by atoms with E-state index in [1.54, 1.807) is 18.2 Å². The summed E-state index contributed by atoms with van der Waals surface area (Å²) >= 11 is 0. The van der Waals surface area contributed by atoms with Crippen molar-refractivity contribution in [3.8, 4) is 17.2 Å². The summed E-state index contributed by atoms with van der Waals surface area (Å²) in [5.74, 6) is 0.995. The molecule has 3 nitrogen and oxygen atoms in total. The first-order chi connectivity index (χ1) is 5.29. The molecular formula is C8H10LiO3+. The van der Waals surface area contributed by atoms with Crippen molar-refractivity contribution < 1.29 is 33.4 Å². The second-order valence-corrected chi connectivity index (χ2v) is 2.01. The van der Waals surface area contributed by atoms with Gasteiger partial charge in [-0.1, -0.05) is 6.07 Å². The van der Waals surface area contributed by atoms with Crippen molar-refractivity contribution in [1.29, 1.82) is 0 Å². The number of ether oxygens (including phenoxy) is 2. The monoisotopic (exact) mass is 161 g/mol. The van der Waals surface area contributed by atoms with E-state index in [9.17, 15) is 5.11 Å². The molecule has 0 aliphatic rings. The van der Waals surface area contributed by atoms with E-state index in [0.717, 1.165) is 0 Å². The van der Waals surface area contributed by atoms with Gasteiger partial charge in [-0.3, -0.25) is 0 Å². The molecule has 1 rings (SSSR count). The Kier molecular flexibility index (Phi) is 4.64. The van der Waals surface area contributed by atoms with Gasteiger partial charge in [0.2, 0.25) is 5.75 Å². The summed E-state index contributed by atoms with van der Waals surface area (Å²) in [6.45, 7) is 0. The van der Waals surface area contributed by atoms with Crippen molar-refractivity contribution in [2.75, 3.05) is 14.2 Å². The van der Waals surface area contributed by atoms with E-state index < -0.39 is 0 Å². The van der Waals surface area contributed by atoms with Crippen LogP contribution in [-0.2, 0) is 0 Å². The first-order valence-corrected chi connectivity index (χ1v) is 3.19. The maximum absolute atomic E-state index is 9.22. The van der Waals surface area contributed by atoms with Crippen LogP contribution in [0.5, 0.6) is 17.2 Å². The van der Waals surface area contributed by atoms with E-state index in [0.29, 0.717) is 11.5 Å². The predicted molar refractivity (Wildman–Crippen MR) is 41.2 cm³/mol. The first-order valence-electron chi connectivity index (χ1n) is 3.19. The fraction of sp³-hybridized carbons (Fsp3) is 0.250. The van der Waals surface area contributed by atoms with Gasteiger partial charge in [0.15, 0.2) is 11.5 Å². The molecule has 0 aliphatic heterocycles. The van der Waals surface area contributed by atoms with E-state index >= 15 is 0 Å². The maximum Gasteiger partial charge on any atom is 1.00 e. The molecule has 0 heterocycles. The summed E-state index contributed by atoms with van der Waals surface area (Å²) < 4.78 is 9.82. The molecule has 4 heteroatoms. The van der Waals surface area contributed by atoms with Crippen molar-refractivity contribution in [3.05, 3.63) is 18.2 Å². The van der Waals surface area contributed by atoms with Gasteiger partial charge in [-0.15, -0.1) is 0 Å². The molecule has 0 radical (unpaired) electrons. The van der Waals surface area contributed by atoms with Crippen LogP contribution < -0.4 is 28.3 Å². The molecule has 0 amide bonds. The minimum atomic E-state index is 0. The Bertz CT molecular complexity index is 250. The van der Waals surface area contributed by atoms with Crippen LogP contribution in [0.1, 0.15) is 0 Å². The fourth-order valence-electron chi connectivity index (χ4n) is 0.870. The van der Waals surface area contributed by atoms with Gasteiger partial charge in [0, 0.05) is 0 Å². The van der Waals surface area contributed by atoms with Crippen LogP contribution in [0.25, 0.3) is 0 Å². The third-order valence-corrected chi connectivity index (χ3v) is 1.38. The Hall–Kier alpha value is -0.783. The second-order valence-electron chi connectivity index (χ2n) is 2.01. The number of phenolic OH excluding ortho intramolecular Hbond substituents is 1. The molecule has 0 fully saturated rings. The van der Waals surface area contributed by atoms with Gasteiger partial charge in [0.1, 0.15) is 0 Å². The molecule has 1 aromatic rings. The minimum absolute atomic E-state index is 0. The van der Waals surface area contributed by atoms with Crippen molar-refractivity contribution in [3.63, 3.8) is 0 Å². The number of aromatic hydroxyl groups is 1. The van der Waals surface area contributed by atoms with E-state index in [-0.39, 0.29) is 24.6 Å². The van der Waals surface area contributed by atoms with Crippen LogP contribution in [0, 0.1) is 0 Å². The third-order valence-electron chi connectivity index (χ3n) is 1.38. The average Bonchev–Trinajstić information content (AvgIpc) is 2.04. The first kappa shape index (κ1) is 11.2. The summed E-state index contributed by atoms with van der Waals surface area (Å²) in [5, 5.41) is 9.22. The molecule has 0 spiro atoms. The Morgan fingerprint density at radius 1 is 1.17 bits per heavy atom. The number of hydrogen-bond acceptors (Lipinski definition) is 3. The molecule has 0 atom stereocenters. The van der Waals surface area contributed by atoms with Crippen LogP contribution in [0.15, 0.2) is 18.2 Å². The summed E-state index contributed by atoms with van der Waals surface area (Å²) in [5.41, 5.74) is 0. The van der Waals surface area contributed by atoms with Crippen LogP contribution in [-0.4, -0.2) is 19.3 Å². The number of rotatable bonds is 2. The van der Waals surface area contributed by atoms with Gasteiger partial charge < -0.3 is 14.6 Å². The van der Waals surface area contributed by atoms with Crippen LogP contribution in [0.2, 0.25) is 0 Å². The minimum Gasteiger partial charge on any atom is -0.504 e. The molecule has 0 saturated heterocycles. The van der Waals surface area contributed by atoms with Gasteiger partial charge in [-0.05, 0) is 12.1 Å². The van der Waals surface area contributed by atoms with E-state index in [2.05, 4.69) is 0 Å². The normalized spacial score (nSPS) is 8.50. The van der Waals surface area contributed by atoms with Crippen molar-refractivity contribution >= 4 is 0 Å². The topological polar surface area (TPSA) is 38.7 Å². The summed E-state index contributed by atoms with van der Waals surface area (Å²) in [6, 6.07) is 4.95. The van der Waals surface area contributed by atoms with Gasteiger partial charge in [-0.2, -0.15) is 0 Å². The molecule has 0 unspecified atom stereocenters. The zero-order chi connectivity index (χ0) is 8.27. The molecule has 0 aliphatic carbocycles.